The molecule has 0 saturated carbocycles. The summed E-state index contributed by atoms with van der Waals surface area (Å²) in [5.41, 5.74) is 3.14. The topological polar surface area (TPSA) is 65.6 Å². The van der Waals surface area contributed by atoms with E-state index in [0.29, 0.717) is 22.6 Å². The molecule has 29 heavy (non-hydrogen) atoms. The second-order valence-electron chi connectivity index (χ2n) is 6.69. The Balaban J connectivity index is 1.44. The fourth-order valence-corrected chi connectivity index (χ4v) is 4.06. The first-order valence-electron chi connectivity index (χ1n) is 8.97. The van der Waals surface area contributed by atoms with E-state index in [2.05, 4.69) is 4.98 Å². The third-order valence-electron chi connectivity index (χ3n) is 4.63. The summed E-state index contributed by atoms with van der Waals surface area (Å²) in [6.07, 6.45) is 3.63. The van der Waals surface area contributed by atoms with Crippen molar-refractivity contribution in [2.45, 2.75) is 20.3 Å². The zero-order valence-electron chi connectivity index (χ0n) is 15.9. The second kappa shape index (κ2) is 7.63. The van der Waals surface area contributed by atoms with Gasteiger partial charge in [-0.15, -0.1) is 11.3 Å². The van der Waals surface area contributed by atoms with Crippen LogP contribution in [0.2, 0.25) is 0 Å². The number of nitrogens with zero attached hydrogens (tertiary/aromatic N) is 3. The normalized spacial score (nSPS) is 11.1. The van der Waals surface area contributed by atoms with Gasteiger partial charge >= 0.3 is 5.97 Å². The minimum atomic E-state index is -0.511. The third kappa shape index (κ3) is 3.84. The number of ketones is 1. The van der Waals surface area contributed by atoms with Gasteiger partial charge in [0.05, 0.1) is 12.1 Å². The Bertz CT molecular complexity index is 1190. The van der Waals surface area contributed by atoms with Gasteiger partial charge in [-0.25, -0.2) is 9.37 Å². The van der Waals surface area contributed by atoms with Gasteiger partial charge in [-0.05, 0) is 38.1 Å². The molecule has 0 saturated heterocycles. The Morgan fingerprint density at radius 3 is 2.83 bits per heavy atom. The van der Waals surface area contributed by atoms with Gasteiger partial charge in [0.1, 0.15) is 5.82 Å². The Morgan fingerprint density at radius 1 is 1.24 bits per heavy atom. The number of benzene rings is 1. The van der Waals surface area contributed by atoms with Crippen LogP contribution in [0.1, 0.15) is 27.4 Å². The van der Waals surface area contributed by atoms with Crippen LogP contribution < -0.4 is 0 Å². The van der Waals surface area contributed by atoms with Gasteiger partial charge in [-0.3, -0.25) is 14.0 Å². The monoisotopic (exact) mass is 411 g/mol. The Morgan fingerprint density at radius 2 is 2.07 bits per heavy atom. The van der Waals surface area contributed by atoms with Gasteiger partial charge in [0, 0.05) is 40.4 Å². The summed E-state index contributed by atoms with van der Waals surface area (Å²) in [6, 6.07) is 7.89. The van der Waals surface area contributed by atoms with Crippen molar-refractivity contribution >= 4 is 28.1 Å². The molecule has 4 aromatic rings. The number of fused-ring (bicyclic) bond motifs is 1. The number of thiazole rings is 1. The summed E-state index contributed by atoms with van der Waals surface area (Å²) in [5.74, 6) is -1.17. The highest BCUT2D eigenvalue weighted by Crippen LogP contribution is 2.22. The summed E-state index contributed by atoms with van der Waals surface area (Å²) in [4.78, 5) is 29.8. The first-order valence-corrected chi connectivity index (χ1v) is 9.85. The lowest BCUT2D eigenvalue weighted by molar-refractivity contribution is -0.141. The average molecular weight is 411 g/mol. The third-order valence-corrected chi connectivity index (χ3v) is 5.40. The Kier molecular flexibility index (Phi) is 5.02. The molecule has 0 aliphatic heterocycles. The van der Waals surface area contributed by atoms with Crippen LogP contribution in [0.15, 0.2) is 48.1 Å². The van der Waals surface area contributed by atoms with E-state index in [0.717, 1.165) is 10.7 Å². The number of Topliss-reactive ketones (excluding diaryl/α,β-unsaturated/α-hetero) is 1. The highest BCUT2D eigenvalue weighted by atomic mass is 32.1. The van der Waals surface area contributed by atoms with E-state index in [9.17, 15) is 14.0 Å². The molecule has 0 aliphatic rings. The first-order chi connectivity index (χ1) is 13.9. The van der Waals surface area contributed by atoms with E-state index >= 15 is 0 Å². The van der Waals surface area contributed by atoms with Crippen LogP contribution in [-0.2, 0) is 16.0 Å². The molecule has 3 aromatic heterocycles. The van der Waals surface area contributed by atoms with E-state index in [4.69, 9.17) is 4.74 Å². The van der Waals surface area contributed by atoms with Crippen molar-refractivity contribution < 1.29 is 18.7 Å². The van der Waals surface area contributed by atoms with Gasteiger partial charge in [0.25, 0.3) is 0 Å². The summed E-state index contributed by atoms with van der Waals surface area (Å²) in [6.45, 7) is 3.27. The number of aryl methyl sites for hydroxylation is 1. The van der Waals surface area contributed by atoms with Crippen LogP contribution in [0.25, 0.3) is 10.6 Å². The number of aromatic nitrogens is 3. The maximum Gasteiger partial charge on any atom is 0.312 e. The van der Waals surface area contributed by atoms with Gasteiger partial charge in [0.2, 0.25) is 5.78 Å². The van der Waals surface area contributed by atoms with Gasteiger partial charge < -0.3 is 9.30 Å². The Labute approximate surface area is 170 Å². The van der Waals surface area contributed by atoms with Crippen LogP contribution in [0.3, 0.4) is 0 Å². The van der Waals surface area contributed by atoms with Crippen LogP contribution in [-0.4, -0.2) is 32.3 Å². The number of imidazole rings is 1. The zero-order valence-corrected chi connectivity index (χ0v) is 16.7. The van der Waals surface area contributed by atoms with Crippen molar-refractivity contribution in [2.75, 3.05) is 6.61 Å². The molecular formula is C21H18FN3O3S. The molecule has 0 atom stereocenters. The van der Waals surface area contributed by atoms with Crippen LogP contribution in [0.5, 0.6) is 0 Å². The smallest absolute Gasteiger partial charge is 0.312 e. The van der Waals surface area contributed by atoms with Crippen molar-refractivity contribution in [1.82, 2.24) is 14.0 Å². The molecule has 0 N–H and O–H groups in total. The summed E-state index contributed by atoms with van der Waals surface area (Å²) >= 11 is 1.47. The summed E-state index contributed by atoms with van der Waals surface area (Å²) in [7, 11) is 0. The van der Waals surface area contributed by atoms with Crippen molar-refractivity contribution in [3.05, 3.63) is 76.6 Å². The molecule has 0 amide bonds. The lowest BCUT2D eigenvalue weighted by atomic mass is 10.1. The van der Waals surface area contributed by atoms with Gasteiger partial charge in [-0.2, -0.15) is 0 Å². The summed E-state index contributed by atoms with van der Waals surface area (Å²) < 4.78 is 22.4. The highest BCUT2D eigenvalue weighted by Gasteiger charge is 2.19. The molecule has 4 rings (SSSR count). The minimum Gasteiger partial charge on any atom is -0.457 e. The van der Waals surface area contributed by atoms with E-state index < -0.39 is 5.97 Å². The molecular weight excluding hydrogens is 393 g/mol. The number of hydrogen-bond acceptors (Lipinski definition) is 5. The predicted molar refractivity (Wildman–Crippen MR) is 107 cm³/mol. The molecule has 148 valence electrons. The predicted octanol–water partition coefficient (Wildman–Crippen LogP) is 3.91. The van der Waals surface area contributed by atoms with Crippen molar-refractivity contribution in [2.24, 2.45) is 0 Å². The lowest BCUT2D eigenvalue weighted by Gasteiger charge is -2.10. The fraction of sp³-hybridized carbons (Fsp3) is 0.190. The molecule has 3 heterocycles. The average Bonchev–Trinajstić information content (AvgIpc) is 3.33. The largest absolute Gasteiger partial charge is 0.457 e. The first kappa shape index (κ1) is 19.1. The van der Waals surface area contributed by atoms with E-state index in [1.807, 2.05) is 22.9 Å². The number of carbonyl (C=O) groups excluding carboxylic acids is 2. The molecule has 0 unspecified atom stereocenters. The number of esters is 1. The molecule has 6 nitrogen and oxygen atoms in total. The molecule has 0 fully saturated rings. The second-order valence-corrected chi connectivity index (χ2v) is 7.56. The maximum absolute atomic E-state index is 13.6. The maximum atomic E-state index is 13.6. The molecule has 0 bridgehead atoms. The number of ether oxygens (including phenoxy) is 1. The number of halogens is 1. The van der Waals surface area contributed by atoms with E-state index in [1.54, 1.807) is 35.9 Å². The van der Waals surface area contributed by atoms with Gasteiger partial charge in [0.15, 0.2) is 11.6 Å². The summed E-state index contributed by atoms with van der Waals surface area (Å²) in [5, 5.41) is 1.91. The molecule has 1 aromatic carbocycles. The van der Waals surface area contributed by atoms with E-state index in [-0.39, 0.29) is 24.6 Å². The number of rotatable bonds is 6. The van der Waals surface area contributed by atoms with Crippen LogP contribution in [0, 0.1) is 19.7 Å². The number of carbonyl (C=O) groups is 2. The zero-order chi connectivity index (χ0) is 20.5. The van der Waals surface area contributed by atoms with Crippen LogP contribution >= 0.6 is 11.3 Å². The quantitative estimate of drug-likeness (QED) is 0.356. The standard InChI is InChI=1S/C21H18FN3O3S/c1-13-8-18(14(2)25(13)17-5-3-4-15(22)9-17)19(26)12-28-20(27)10-16-11-24-6-7-29-21(24)23-16/h3-9,11H,10,12H2,1-2H3. The van der Waals surface area contributed by atoms with Crippen molar-refractivity contribution in [3.63, 3.8) is 0 Å². The molecule has 8 heteroatoms. The van der Waals surface area contributed by atoms with Crippen molar-refractivity contribution in [3.8, 4) is 5.69 Å². The highest BCUT2D eigenvalue weighted by molar-refractivity contribution is 7.15. The Hall–Kier alpha value is -3.26. The molecule has 0 spiro atoms. The number of hydrogen-bond donors (Lipinski definition) is 0. The van der Waals surface area contributed by atoms with Crippen molar-refractivity contribution in [1.29, 1.82) is 0 Å². The SMILES string of the molecule is Cc1cc(C(=O)COC(=O)Cc2cn3ccsc3n2)c(C)n1-c1cccc(F)c1. The van der Waals surface area contributed by atoms with Gasteiger partial charge in [-0.1, -0.05) is 6.07 Å². The lowest BCUT2D eigenvalue weighted by Crippen LogP contribution is -2.16. The van der Waals surface area contributed by atoms with E-state index in [1.165, 1.54) is 23.5 Å². The molecule has 0 aliphatic carbocycles. The van der Waals surface area contributed by atoms with Crippen LogP contribution in [0.4, 0.5) is 4.39 Å². The minimum absolute atomic E-state index is 0.00396. The fourth-order valence-electron chi connectivity index (χ4n) is 3.34. The molecule has 0 radical (unpaired) electrons.